The molecule has 0 aliphatic rings. The highest BCUT2D eigenvalue weighted by molar-refractivity contribution is 7.93. The van der Waals surface area contributed by atoms with Crippen LogP contribution >= 0.6 is 0 Å². The topological polar surface area (TPSA) is 442 Å². The Kier molecular flexibility index (Phi) is 15.6. The SMILES string of the molecule is Cc1cc(Nc2nc(O)nc(Nc3ccc(/N=N/c4ccc(S(=O)(=O)Nc5cc(S(=O)(=O)O)c6cccc(S(=O)(=O)O)c6c5)cc4)c(C)c3)n2)ccc1/N=N/c1ccc(S(=O)(=O)Nc2cc(S(=O)(=O)O)c3cccc(S(=O)(=O)O)c3c2)cc1. The molecular weight excluding hydrogens is 1210 g/mol. The first kappa shape index (κ1) is 58.7. The highest BCUT2D eigenvalue weighted by Gasteiger charge is 2.26. The van der Waals surface area contributed by atoms with Gasteiger partial charge in [0.1, 0.15) is 19.6 Å². The minimum Gasteiger partial charge on any atom is -0.479 e. The lowest BCUT2D eigenvalue weighted by Gasteiger charge is -2.13. The molecule has 9 rings (SSSR count). The Morgan fingerprint density at radius 2 is 0.735 bits per heavy atom. The van der Waals surface area contributed by atoms with E-state index in [4.69, 9.17) is 0 Å². The molecule has 83 heavy (non-hydrogen) atoms. The Morgan fingerprint density at radius 1 is 0.373 bits per heavy atom. The Bertz CT molecular complexity index is 4620. The van der Waals surface area contributed by atoms with Crippen LogP contribution in [0.15, 0.2) is 195 Å². The summed E-state index contributed by atoms with van der Waals surface area (Å²) in [4.78, 5) is 8.51. The first-order chi connectivity index (χ1) is 38.8. The van der Waals surface area contributed by atoms with E-state index >= 15 is 0 Å². The second-order valence-corrected chi connectivity index (χ2v) is 26.6. The highest BCUT2D eigenvalue weighted by atomic mass is 32.2. The maximum atomic E-state index is 13.4. The number of aromatic hydroxyl groups is 1. The van der Waals surface area contributed by atoms with E-state index < -0.39 is 97.5 Å². The van der Waals surface area contributed by atoms with E-state index in [0.717, 1.165) is 48.5 Å². The van der Waals surface area contributed by atoms with Crippen LogP contribution in [0.1, 0.15) is 11.1 Å². The van der Waals surface area contributed by atoms with E-state index in [0.29, 0.717) is 33.9 Å². The Balaban J connectivity index is 0.823. The molecule has 9 aromatic rings. The van der Waals surface area contributed by atoms with Crippen LogP contribution in [0.2, 0.25) is 0 Å². The molecule has 428 valence electrons. The lowest BCUT2D eigenvalue weighted by Crippen LogP contribution is -2.14. The van der Waals surface area contributed by atoms with Gasteiger partial charge in [-0.15, -0.1) is 0 Å². The van der Waals surface area contributed by atoms with Gasteiger partial charge in [-0.2, -0.15) is 69.1 Å². The number of fused-ring (bicyclic) bond motifs is 2. The summed E-state index contributed by atoms with van der Waals surface area (Å²) in [7, 11) is -28.8. The zero-order valence-corrected chi connectivity index (χ0v) is 47.0. The van der Waals surface area contributed by atoms with E-state index in [1.807, 2.05) is 0 Å². The number of hydrogen-bond acceptors (Lipinski definition) is 22. The molecule has 0 saturated carbocycles. The number of aromatic nitrogens is 3. The van der Waals surface area contributed by atoms with Crippen molar-refractivity contribution < 1.29 is 73.8 Å². The van der Waals surface area contributed by atoms with Crippen LogP contribution in [0.3, 0.4) is 0 Å². The molecule has 0 bridgehead atoms. The quantitative estimate of drug-likeness (QED) is 0.0285. The molecule has 8 aromatic carbocycles. The summed E-state index contributed by atoms with van der Waals surface area (Å²) < 4.78 is 194. The molecule has 0 aliphatic carbocycles. The predicted molar refractivity (Wildman–Crippen MR) is 300 cm³/mol. The number of rotatable bonds is 18. The van der Waals surface area contributed by atoms with Crippen molar-refractivity contribution in [2.24, 2.45) is 20.5 Å². The molecule has 1 aromatic heterocycles. The number of sulfonamides is 2. The van der Waals surface area contributed by atoms with Gasteiger partial charge in [-0.25, -0.2) is 16.8 Å². The Morgan fingerprint density at radius 3 is 1.07 bits per heavy atom. The molecule has 1 heterocycles. The molecule has 0 aliphatic heterocycles. The van der Waals surface area contributed by atoms with Crippen molar-refractivity contribution in [3.8, 4) is 6.01 Å². The van der Waals surface area contributed by atoms with Crippen molar-refractivity contribution in [3.63, 3.8) is 0 Å². The normalized spacial score (nSPS) is 12.7. The standard InChI is InChI=1S/C49H39N11O17S6/c1-27-21-31(13-19-41(27)57-55-29-9-15-35(16-10-29)78(62,63)59-33-23-39-37(45(25-33)82(72,73)74)5-3-7-43(39)80(66,67)68)50-47-52-48(54-49(61)53-47)51-32-14-20-42(28(2)22-32)58-56-30-11-17-36(18-12-30)79(64,65)60-34-24-40-38(46(26-34)83(75,76)77)6-4-8-44(40)81(69,70)71/h3-26,59-60H,1-2H3,(H,66,67,68)(H,69,70,71)(H,72,73,74)(H,75,76,77)(H3,50,51,52,53,54,61)/b57-55+,58-56+. The number of benzene rings is 8. The smallest absolute Gasteiger partial charge is 0.320 e. The molecule has 28 nitrogen and oxygen atoms in total. The largest absolute Gasteiger partial charge is 0.479 e. The molecule has 0 atom stereocenters. The van der Waals surface area contributed by atoms with Gasteiger partial charge in [-0.1, -0.05) is 24.3 Å². The summed E-state index contributed by atoms with van der Waals surface area (Å²) in [5.74, 6) is -0.0988. The third kappa shape index (κ3) is 13.5. The van der Waals surface area contributed by atoms with Crippen molar-refractivity contribution in [3.05, 3.63) is 157 Å². The zero-order valence-electron chi connectivity index (χ0n) is 42.1. The van der Waals surface area contributed by atoms with E-state index in [1.165, 1.54) is 60.7 Å². The monoisotopic (exact) mass is 1250 g/mol. The predicted octanol–water partition coefficient (Wildman–Crippen LogP) is 9.41. The molecule has 0 saturated heterocycles. The van der Waals surface area contributed by atoms with Crippen LogP contribution in [0.4, 0.5) is 57.4 Å². The molecule has 34 heteroatoms. The van der Waals surface area contributed by atoms with Gasteiger partial charge in [-0.3, -0.25) is 27.7 Å². The molecule has 9 N–H and O–H groups in total. The van der Waals surface area contributed by atoms with Gasteiger partial charge >= 0.3 is 6.01 Å². The lowest BCUT2D eigenvalue weighted by atomic mass is 10.1. The minimum absolute atomic E-state index is 0.0494. The summed E-state index contributed by atoms with van der Waals surface area (Å²) >= 11 is 0. The fourth-order valence-corrected chi connectivity index (χ4v) is 13.0. The number of aryl methyl sites for hydroxylation is 2. The van der Waals surface area contributed by atoms with Crippen LogP contribution in [-0.4, -0.2) is 88.8 Å². The Labute approximate surface area is 471 Å². The van der Waals surface area contributed by atoms with Crippen LogP contribution in [0, 0.1) is 13.8 Å². The van der Waals surface area contributed by atoms with Gasteiger partial charge in [0.05, 0.1) is 43.9 Å². The molecule has 0 unspecified atom stereocenters. The number of nitrogens with one attached hydrogen (secondary N) is 4. The zero-order chi connectivity index (χ0) is 60.0. The van der Waals surface area contributed by atoms with Crippen LogP contribution in [0.25, 0.3) is 21.5 Å². The average Bonchev–Trinajstić information content (AvgIpc) is 2.25. The van der Waals surface area contributed by atoms with E-state index in [2.05, 4.69) is 55.5 Å². The molecule has 0 amide bonds. The van der Waals surface area contributed by atoms with Gasteiger partial charge in [0.25, 0.3) is 60.5 Å². The Hall–Kier alpha value is -8.97. The van der Waals surface area contributed by atoms with Crippen LogP contribution in [0.5, 0.6) is 6.01 Å². The van der Waals surface area contributed by atoms with Crippen molar-refractivity contribution in [2.45, 2.75) is 43.2 Å². The molecular formula is C49H39N11O17S6. The van der Waals surface area contributed by atoms with Crippen molar-refractivity contribution in [1.29, 1.82) is 0 Å². The van der Waals surface area contributed by atoms with Gasteiger partial charge in [0.2, 0.25) is 11.9 Å². The number of nitrogens with zero attached hydrogens (tertiary/aromatic N) is 7. The summed E-state index contributed by atoms with van der Waals surface area (Å²) in [6.07, 6.45) is 0. The summed E-state index contributed by atoms with van der Waals surface area (Å²) in [5.41, 5.74) is 2.56. The molecule has 0 spiro atoms. The average molecular weight is 1250 g/mol. The van der Waals surface area contributed by atoms with Crippen molar-refractivity contribution in [1.82, 2.24) is 15.0 Å². The second kappa shape index (κ2) is 22.1. The fourth-order valence-electron chi connectivity index (χ4n) is 8.10. The van der Waals surface area contributed by atoms with Crippen molar-refractivity contribution >= 4 is 139 Å². The first-order valence-corrected chi connectivity index (χ1v) is 31.9. The second-order valence-electron chi connectivity index (χ2n) is 17.7. The third-order valence-corrected chi connectivity index (χ3v) is 18.2. The van der Waals surface area contributed by atoms with E-state index in [-0.39, 0.29) is 54.6 Å². The number of azo groups is 2. The molecule has 0 fully saturated rings. The summed E-state index contributed by atoms with van der Waals surface area (Å²) in [6, 6.07) is 29.3. The minimum atomic E-state index is -5.02. The molecule has 0 radical (unpaired) electrons. The van der Waals surface area contributed by atoms with Gasteiger partial charge < -0.3 is 15.7 Å². The number of anilines is 6. The lowest BCUT2D eigenvalue weighted by molar-refractivity contribution is 0.430. The van der Waals surface area contributed by atoms with Crippen LogP contribution in [-0.2, 0) is 60.5 Å². The summed E-state index contributed by atoms with van der Waals surface area (Å²) in [6.45, 7) is 3.45. The van der Waals surface area contributed by atoms with E-state index in [1.54, 1.807) is 50.2 Å². The van der Waals surface area contributed by atoms with Gasteiger partial charge in [0, 0.05) is 32.9 Å². The third-order valence-electron chi connectivity index (χ3n) is 11.8. The maximum Gasteiger partial charge on any atom is 0.320 e. The fraction of sp³-hybridized carbons (Fsp3) is 0.0408. The van der Waals surface area contributed by atoms with E-state index in [9.17, 15) is 73.8 Å². The summed E-state index contributed by atoms with van der Waals surface area (Å²) in [5, 5.41) is 31.9. The van der Waals surface area contributed by atoms with Gasteiger partial charge in [-0.05, 0) is 146 Å². The first-order valence-electron chi connectivity index (χ1n) is 23.1. The number of hydrogen-bond donors (Lipinski definition) is 9. The van der Waals surface area contributed by atoms with Crippen molar-refractivity contribution in [2.75, 3.05) is 20.1 Å². The maximum absolute atomic E-state index is 13.4. The highest BCUT2D eigenvalue weighted by Crippen LogP contribution is 2.36. The van der Waals surface area contributed by atoms with Gasteiger partial charge in [0.15, 0.2) is 0 Å². The van der Waals surface area contributed by atoms with Crippen LogP contribution < -0.4 is 20.1 Å².